The number of rotatable bonds is 4. The molecule has 0 aromatic carbocycles. The molecule has 2 saturated heterocycles. The Bertz CT molecular complexity index is 419. The van der Waals surface area contributed by atoms with E-state index in [1.807, 2.05) is 11.9 Å². The summed E-state index contributed by atoms with van der Waals surface area (Å²) in [4.78, 5) is 15.7. The fourth-order valence-electron chi connectivity index (χ4n) is 2.32. The molecule has 7 heteroatoms. The first-order valence-electron chi connectivity index (χ1n) is 6.26. The summed E-state index contributed by atoms with van der Waals surface area (Å²) in [7, 11) is 0.712. The van der Waals surface area contributed by atoms with Crippen LogP contribution in [0.25, 0.3) is 0 Å². The quantitative estimate of drug-likeness (QED) is 0.679. The first-order chi connectivity index (χ1) is 8.39. The van der Waals surface area contributed by atoms with Gasteiger partial charge in [-0.3, -0.25) is 9.69 Å². The molecule has 2 aliphatic rings. The Morgan fingerprint density at radius 3 is 2.39 bits per heavy atom. The molecule has 2 rings (SSSR count). The first-order valence-corrected chi connectivity index (χ1v) is 8.08. The highest BCUT2D eigenvalue weighted by molar-refractivity contribution is 7.91. The molecule has 0 spiro atoms. The van der Waals surface area contributed by atoms with Gasteiger partial charge in [0.1, 0.15) is 0 Å². The zero-order chi connectivity index (χ0) is 13.3. The average molecular weight is 275 g/mol. The Morgan fingerprint density at radius 1 is 1.28 bits per heavy atom. The normalized spacial score (nSPS) is 27.2. The van der Waals surface area contributed by atoms with Crippen LogP contribution in [-0.2, 0) is 14.6 Å². The summed E-state index contributed by atoms with van der Waals surface area (Å²) in [5.41, 5.74) is 0. The number of likely N-dealkylation sites (N-methyl/N-ethyl adjacent to an activating group) is 2. The Kier molecular flexibility index (Phi) is 3.93. The zero-order valence-electron chi connectivity index (χ0n) is 10.9. The van der Waals surface area contributed by atoms with Gasteiger partial charge in [-0.1, -0.05) is 0 Å². The minimum atomic E-state index is -2.93. The van der Waals surface area contributed by atoms with Crippen LogP contribution in [0.15, 0.2) is 0 Å². The number of sulfone groups is 1. The number of hydrogen-bond acceptors (Lipinski definition) is 5. The van der Waals surface area contributed by atoms with Crippen molar-refractivity contribution in [2.75, 3.05) is 45.2 Å². The van der Waals surface area contributed by atoms with Crippen LogP contribution in [0.2, 0.25) is 0 Å². The average Bonchev–Trinajstić information content (AvgIpc) is 2.54. The predicted octanol–water partition coefficient (Wildman–Crippen LogP) is -1.46. The molecular weight excluding hydrogens is 254 g/mol. The van der Waals surface area contributed by atoms with E-state index in [4.69, 9.17) is 0 Å². The van der Waals surface area contributed by atoms with Crippen molar-refractivity contribution in [1.82, 2.24) is 15.1 Å². The number of nitrogens with one attached hydrogen (secondary N) is 1. The van der Waals surface area contributed by atoms with E-state index in [1.165, 1.54) is 0 Å². The molecule has 0 aromatic heterocycles. The third-order valence-electron chi connectivity index (χ3n) is 3.92. The Morgan fingerprint density at radius 2 is 1.94 bits per heavy atom. The van der Waals surface area contributed by atoms with Crippen LogP contribution in [0, 0.1) is 0 Å². The zero-order valence-corrected chi connectivity index (χ0v) is 11.7. The number of carbonyl (C=O) groups excluding carboxylic acids is 1. The van der Waals surface area contributed by atoms with Crippen LogP contribution < -0.4 is 5.32 Å². The number of amides is 1. The second-order valence-corrected chi connectivity index (χ2v) is 7.52. The molecule has 2 fully saturated rings. The van der Waals surface area contributed by atoms with Crippen molar-refractivity contribution in [3.05, 3.63) is 0 Å². The monoisotopic (exact) mass is 275 g/mol. The molecule has 6 nitrogen and oxygen atoms in total. The Hall–Kier alpha value is -0.660. The molecule has 0 radical (unpaired) electrons. The molecule has 104 valence electrons. The van der Waals surface area contributed by atoms with Crippen LogP contribution in [0.5, 0.6) is 0 Å². The largest absolute Gasteiger partial charge is 0.341 e. The molecule has 1 atom stereocenters. The summed E-state index contributed by atoms with van der Waals surface area (Å²) in [5, 5.41) is 3.16. The third kappa shape index (κ3) is 3.02. The molecule has 1 N–H and O–H groups in total. The minimum absolute atomic E-state index is 0.00602. The van der Waals surface area contributed by atoms with Crippen molar-refractivity contribution in [3.8, 4) is 0 Å². The van der Waals surface area contributed by atoms with Crippen molar-refractivity contribution >= 4 is 15.7 Å². The van der Waals surface area contributed by atoms with Crippen LogP contribution >= 0.6 is 0 Å². The van der Waals surface area contributed by atoms with Gasteiger partial charge in [0.15, 0.2) is 9.84 Å². The van der Waals surface area contributed by atoms with Crippen molar-refractivity contribution < 1.29 is 13.2 Å². The second kappa shape index (κ2) is 5.14. The molecule has 2 heterocycles. The topological polar surface area (TPSA) is 69.7 Å². The lowest BCUT2D eigenvalue weighted by Gasteiger charge is -2.36. The lowest BCUT2D eigenvalue weighted by molar-refractivity contribution is -0.133. The van der Waals surface area contributed by atoms with Crippen molar-refractivity contribution in [3.63, 3.8) is 0 Å². The number of nitrogens with zero attached hydrogens (tertiary/aromatic N) is 2. The van der Waals surface area contributed by atoms with E-state index in [9.17, 15) is 13.2 Å². The maximum absolute atomic E-state index is 12.1. The predicted molar refractivity (Wildman–Crippen MR) is 69.1 cm³/mol. The minimum Gasteiger partial charge on any atom is -0.341 e. The standard InChI is InChI=1S/C11H21N3O3S/c1-13(10-5-12-6-10)7-11(15)14(2)9-3-4-18(16,17)8-9/h9-10,12H,3-8H2,1-2H3. The maximum Gasteiger partial charge on any atom is 0.236 e. The van der Waals surface area contributed by atoms with Gasteiger partial charge in [0, 0.05) is 32.2 Å². The molecule has 1 unspecified atom stereocenters. The SMILES string of the molecule is CN(CC(=O)N(C)C1CCS(=O)(=O)C1)C1CNC1. The van der Waals surface area contributed by atoms with Crippen molar-refractivity contribution in [1.29, 1.82) is 0 Å². The van der Waals surface area contributed by atoms with E-state index in [0.29, 0.717) is 19.0 Å². The highest BCUT2D eigenvalue weighted by atomic mass is 32.2. The molecule has 0 aliphatic carbocycles. The maximum atomic E-state index is 12.1. The van der Waals surface area contributed by atoms with E-state index >= 15 is 0 Å². The van der Waals surface area contributed by atoms with Crippen LogP contribution in [0.4, 0.5) is 0 Å². The van der Waals surface area contributed by atoms with Crippen LogP contribution in [0.1, 0.15) is 6.42 Å². The molecular formula is C11H21N3O3S. The summed E-state index contributed by atoms with van der Waals surface area (Å²) in [6.07, 6.45) is 0.569. The molecule has 0 saturated carbocycles. The van der Waals surface area contributed by atoms with Gasteiger partial charge < -0.3 is 10.2 Å². The van der Waals surface area contributed by atoms with Gasteiger partial charge >= 0.3 is 0 Å². The van der Waals surface area contributed by atoms with E-state index in [2.05, 4.69) is 5.32 Å². The number of carbonyl (C=O) groups is 1. The Balaban J connectivity index is 1.85. The fraction of sp³-hybridized carbons (Fsp3) is 0.909. The van der Waals surface area contributed by atoms with Gasteiger partial charge in [0.05, 0.1) is 18.1 Å². The van der Waals surface area contributed by atoms with Gasteiger partial charge in [-0.2, -0.15) is 0 Å². The molecule has 18 heavy (non-hydrogen) atoms. The van der Waals surface area contributed by atoms with Gasteiger partial charge in [0.25, 0.3) is 0 Å². The Labute approximate surface area is 108 Å². The lowest BCUT2D eigenvalue weighted by Crippen LogP contribution is -2.58. The van der Waals surface area contributed by atoms with Gasteiger partial charge in [-0.15, -0.1) is 0 Å². The molecule has 0 aromatic rings. The summed E-state index contributed by atoms with van der Waals surface area (Å²) in [5.74, 6) is 0.327. The fourth-order valence-corrected chi connectivity index (χ4v) is 4.10. The highest BCUT2D eigenvalue weighted by Crippen LogP contribution is 2.17. The summed E-state index contributed by atoms with van der Waals surface area (Å²) in [6.45, 7) is 2.20. The van der Waals surface area contributed by atoms with E-state index in [-0.39, 0.29) is 23.5 Å². The summed E-state index contributed by atoms with van der Waals surface area (Å²) < 4.78 is 22.8. The first kappa shape index (κ1) is 13.8. The second-order valence-electron chi connectivity index (χ2n) is 5.29. The molecule has 1 amide bonds. The van der Waals surface area contributed by atoms with Crippen LogP contribution in [-0.4, -0.2) is 81.4 Å². The van der Waals surface area contributed by atoms with Crippen LogP contribution in [0.3, 0.4) is 0 Å². The van der Waals surface area contributed by atoms with Gasteiger partial charge in [-0.25, -0.2) is 8.42 Å². The van der Waals surface area contributed by atoms with E-state index in [0.717, 1.165) is 13.1 Å². The lowest BCUT2D eigenvalue weighted by atomic mass is 10.1. The molecule has 2 aliphatic heterocycles. The van der Waals surface area contributed by atoms with Gasteiger partial charge in [0.2, 0.25) is 5.91 Å². The number of hydrogen-bond donors (Lipinski definition) is 1. The third-order valence-corrected chi connectivity index (χ3v) is 5.67. The smallest absolute Gasteiger partial charge is 0.236 e. The summed E-state index contributed by atoms with van der Waals surface area (Å²) in [6, 6.07) is 0.282. The van der Waals surface area contributed by atoms with Crippen molar-refractivity contribution in [2.45, 2.75) is 18.5 Å². The van der Waals surface area contributed by atoms with Crippen molar-refractivity contribution in [2.24, 2.45) is 0 Å². The van der Waals surface area contributed by atoms with E-state index in [1.54, 1.807) is 11.9 Å². The highest BCUT2D eigenvalue weighted by Gasteiger charge is 2.33. The molecule has 0 bridgehead atoms. The van der Waals surface area contributed by atoms with E-state index < -0.39 is 9.84 Å². The van der Waals surface area contributed by atoms with Gasteiger partial charge in [-0.05, 0) is 13.5 Å². The summed E-state index contributed by atoms with van der Waals surface area (Å²) >= 11 is 0.